The molecule has 0 aliphatic rings. The lowest BCUT2D eigenvalue weighted by molar-refractivity contribution is 0.429. The molecule has 0 saturated carbocycles. The third-order valence-electron chi connectivity index (χ3n) is 1.03. The van der Waals surface area contributed by atoms with Crippen LogP contribution in [0.25, 0.3) is 11.6 Å². The summed E-state index contributed by atoms with van der Waals surface area (Å²) in [7, 11) is 0. The molecule has 0 fully saturated rings. The summed E-state index contributed by atoms with van der Waals surface area (Å²) in [5.74, 6) is 0.400. The third-order valence-corrected chi connectivity index (χ3v) is 1.03. The van der Waals surface area contributed by atoms with Gasteiger partial charge in [-0.1, -0.05) is 5.16 Å². The van der Waals surface area contributed by atoms with E-state index in [0.29, 0.717) is 11.6 Å². The summed E-state index contributed by atoms with van der Waals surface area (Å²) in [6.45, 7) is 0. The molecule has 0 saturated heterocycles. The van der Waals surface area contributed by atoms with Crippen LogP contribution in [0.3, 0.4) is 0 Å². The maximum atomic E-state index is 4.71. The van der Waals surface area contributed by atoms with Crippen LogP contribution in [-0.4, -0.2) is 20.1 Å². The first kappa shape index (κ1) is 5.16. The van der Waals surface area contributed by atoms with Crippen LogP contribution in [0.4, 0.5) is 0 Å². The van der Waals surface area contributed by atoms with E-state index < -0.39 is 0 Å². The standard InChI is InChI=1S/C5H3N4O/c1-4(7-2-6-1)5-8-3-9-10-5/h1,3H,(H,6,7). The molecule has 0 bridgehead atoms. The van der Waals surface area contributed by atoms with E-state index in [1.165, 1.54) is 6.33 Å². The Balaban J connectivity index is 2.48. The molecule has 0 aromatic carbocycles. The predicted octanol–water partition coefficient (Wildman–Crippen LogP) is 0.260. The second-order valence-electron chi connectivity index (χ2n) is 1.64. The number of aromatic nitrogens is 4. The number of H-pyrrole nitrogens is 1. The minimum absolute atomic E-state index is 0.400. The maximum Gasteiger partial charge on any atom is 0.277 e. The molecule has 0 unspecified atom stereocenters. The van der Waals surface area contributed by atoms with Gasteiger partial charge in [-0.3, -0.25) is 0 Å². The van der Waals surface area contributed by atoms with Crippen molar-refractivity contribution in [3.8, 4) is 11.6 Å². The minimum atomic E-state index is 0.400. The summed E-state index contributed by atoms with van der Waals surface area (Å²) in [5.41, 5.74) is 0.609. The number of imidazole rings is 1. The van der Waals surface area contributed by atoms with Gasteiger partial charge in [0.25, 0.3) is 5.89 Å². The van der Waals surface area contributed by atoms with Crippen molar-refractivity contribution in [3.05, 3.63) is 18.9 Å². The number of nitrogens with zero attached hydrogens (tertiary/aromatic N) is 3. The van der Waals surface area contributed by atoms with Gasteiger partial charge < -0.3 is 9.51 Å². The molecular formula is C5H3N4O. The van der Waals surface area contributed by atoms with Crippen molar-refractivity contribution in [1.82, 2.24) is 20.1 Å². The molecule has 1 N–H and O–H groups in total. The smallest absolute Gasteiger partial charge is 0.277 e. The van der Waals surface area contributed by atoms with Crippen molar-refractivity contribution in [2.45, 2.75) is 0 Å². The average Bonchev–Trinajstić information content (AvgIpc) is 2.59. The van der Waals surface area contributed by atoms with E-state index in [1.807, 2.05) is 0 Å². The Kier molecular flexibility index (Phi) is 1.00. The van der Waals surface area contributed by atoms with E-state index in [4.69, 9.17) is 4.52 Å². The van der Waals surface area contributed by atoms with Crippen molar-refractivity contribution >= 4 is 0 Å². The Morgan fingerprint density at radius 2 is 2.60 bits per heavy atom. The summed E-state index contributed by atoms with van der Waals surface area (Å²) in [5, 5.41) is 3.42. The number of hydrogen-bond acceptors (Lipinski definition) is 4. The Bertz CT molecular complexity index is 253. The zero-order chi connectivity index (χ0) is 6.81. The quantitative estimate of drug-likeness (QED) is 0.609. The van der Waals surface area contributed by atoms with Gasteiger partial charge in [0.2, 0.25) is 0 Å². The normalized spacial score (nSPS) is 10.0. The highest BCUT2D eigenvalue weighted by molar-refractivity contribution is 5.42. The molecule has 2 rings (SSSR count). The van der Waals surface area contributed by atoms with Gasteiger partial charge in [-0.2, -0.15) is 4.98 Å². The SMILES string of the molecule is [c]1nc(-c2ncno2)c[nH]1. The van der Waals surface area contributed by atoms with Gasteiger partial charge in [-0.05, 0) is 0 Å². The van der Waals surface area contributed by atoms with Gasteiger partial charge in [0, 0.05) is 6.20 Å². The first-order valence-electron chi connectivity index (χ1n) is 2.65. The molecule has 0 amide bonds. The first-order chi connectivity index (χ1) is 4.97. The molecule has 5 nitrogen and oxygen atoms in total. The van der Waals surface area contributed by atoms with Gasteiger partial charge in [0.05, 0.1) is 0 Å². The monoisotopic (exact) mass is 135 g/mol. The fraction of sp³-hybridized carbons (Fsp3) is 0. The van der Waals surface area contributed by atoms with Gasteiger partial charge in [-0.15, -0.1) is 0 Å². The van der Waals surface area contributed by atoms with Crippen molar-refractivity contribution in [2.24, 2.45) is 0 Å². The van der Waals surface area contributed by atoms with E-state index in [9.17, 15) is 0 Å². The van der Waals surface area contributed by atoms with Crippen molar-refractivity contribution < 1.29 is 4.52 Å². The zero-order valence-electron chi connectivity index (χ0n) is 4.90. The molecule has 10 heavy (non-hydrogen) atoms. The van der Waals surface area contributed by atoms with E-state index in [-0.39, 0.29) is 0 Å². The maximum absolute atomic E-state index is 4.71. The van der Waals surface area contributed by atoms with Crippen LogP contribution < -0.4 is 0 Å². The van der Waals surface area contributed by atoms with E-state index in [2.05, 4.69) is 26.4 Å². The molecule has 49 valence electrons. The van der Waals surface area contributed by atoms with E-state index >= 15 is 0 Å². The number of rotatable bonds is 1. The molecule has 0 atom stereocenters. The molecule has 2 heterocycles. The molecular weight excluding hydrogens is 132 g/mol. The number of nitrogens with one attached hydrogen (secondary N) is 1. The largest absolute Gasteiger partial charge is 0.341 e. The number of aromatic amines is 1. The molecule has 2 aromatic rings. The molecule has 0 spiro atoms. The van der Waals surface area contributed by atoms with Crippen LogP contribution >= 0.6 is 0 Å². The second-order valence-corrected chi connectivity index (χ2v) is 1.64. The fourth-order valence-corrected chi connectivity index (χ4v) is 0.621. The van der Waals surface area contributed by atoms with Crippen molar-refractivity contribution in [1.29, 1.82) is 0 Å². The van der Waals surface area contributed by atoms with Crippen molar-refractivity contribution in [2.75, 3.05) is 0 Å². The highest BCUT2D eigenvalue weighted by atomic mass is 16.5. The van der Waals surface area contributed by atoms with E-state index in [0.717, 1.165) is 0 Å². The van der Waals surface area contributed by atoms with Crippen LogP contribution in [0, 0.1) is 6.33 Å². The lowest BCUT2D eigenvalue weighted by atomic mass is 10.5. The molecule has 0 aliphatic carbocycles. The summed E-state index contributed by atoms with van der Waals surface area (Å²) in [4.78, 5) is 10.2. The summed E-state index contributed by atoms with van der Waals surface area (Å²) in [6, 6.07) is 0. The van der Waals surface area contributed by atoms with Gasteiger partial charge in [-0.25, -0.2) is 4.98 Å². The predicted molar refractivity (Wildman–Crippen MR) is 30.7 cm³/mol. The first-order valence-corrected chi connectivity index (χ1v) is 2.65. The van der Waals surface area contributed by atoms with E-state index in [1.54, 1.807) is 6.20 Å². The van der Waals surface area contributed by atoms with Crippen LogP contribution in [0.15, 0.2) is 17.0 Å². The van der Waals surface area contributed by atoms with Crippen LogP contribution in [-0.2, 0) is 0 Å². The Morgan fingerprint density at radius 3 is 3.20 bits per heavy atom. The minimum Gasteiger partial charge on any atom is -0.341 e. The van der Waals surface area contributed by atoms with Crippen LogP contribution in [0.2, 0.25) is 0 Å². The van der Waals surface area contributed by atoms with Crippen LogP contribution in [0.5, 0.6) is 0 Å². The molecule has 0 aliphatic heterocycles. The summed E-state index contributed by atoms with van der Waals surface area (Å²) >= 11 is 0. The molecule has 2 aromatic heterocycles. The molecule has 5 heteroatoms. The van der Waals surface area contributed by atoms with Gasteiger partial charge in [0.15, 0.2) is 12.7 Å². The lowest BCUT2D eigenvalue weighted by Gasteiger charge is -1.79. The van der Waals surface area contributed by atoms with Crippen LogP contribution in [0.1, 0.15) is 0 Å². The lowest BCUT2D eigenvalue weighted by Crippen LogP contribution is -1.73. The highest BCUT2D eigenvalue weighted by Crippen LogP contribution is 2.09. The Hall–Kier alpha value is -1.65. The Morgan fingerprint density at radius 1 is 1.60 bits per heavy atom. The molecule has 1 radical (unpaired) electrons. The summed E-state index contributed by atoms with van der Waals surface area (Å²) < 4.78 is 4.71. The summed E-state index contributed by atoms with van der Waals surface area (Å²) in [6.07, 6.45) is 5.47. The van der Waals surface area contributed by atoms with Gasteiger partial charge in [0.1, 0.15) is 5.69 Å². The van der Waals surface area contributed by atoms with Gasteiger partial charge >= 0.3 is 0 Å². The highest BCUT2D eigenvalue weighted by Gasteiger charge is 2.03. The van der Waals surface area contributed by atoms with Crippen molar-refractivity contribution in [3.63, 3.8) is 0 Å². The Labute approximate surface area is 56.1 Å². The fourth-order valence-electron chi connectivity index (χ4n) is 0.621. The average molecular weight is 135 g/mol. The third kappa shape index (κ3) is 0.680. The second kappa shape index (κ2) is 1.94. The zero-order valence-corrected chi connectivity index (χ0v) is 4.90. The topological polar surface area (TPSA) is 67.6 Å². The number of hydrogen-bond donors (Lipinski definition) is 1.